The Morgan fingerprint density at radius 1 is 1.29 bits per heavy atom. The molecule has 4 nitrogen and oxygen atoms in total. The van der Waals surface area contributed by atoms with Crippen LogP contribution in [0.2, 0.25) is 0 Å². The van der Waals surface area contributed by atoms with Crippen LogP contribution < -0.4 is 5.32 Å². The van der Waals surface area contributed by atoms with Crippen molar-refractivity contribution in [3.63, 3.8) is 0 Å². The minimum atomic E-state index is -0.520. The van der Waals surface area contributed by atoms with E-state index in [4.69, 9.17) is 0 Å². The van der Waals surface area contributed by atoms with E-state index in [1.807, 2.05) is 0 Å². The van der Waals surface area contributed by atoms with Crippen molar-refractivity contribution in [3.05, 3.63) is 53.9 Å². The van der Waals surface area contributed by atoms with Gasteiger partial charge in [0.2, 0.25) is 5.91 Å². The second kappa shape index (κ2) is 5.68. The highest BCUT2D eigenvalue weighted by Crippen LogP contribution is 2.41. The van der Waals surface area contributed by atoms with Crippen LogP contribution in [0.1, 0.15) is 36.9 Å². The minimum Gasteiger partial charge on any atom is -0.350 e. The maximum absolute atomic E-state index is 13.1. The summed E-state index contributed by atoms with van der Waals surface area (Å²) in [5, 5.41) is 2.98. The highest BCUT2D eigenvalue weighted by atomic mass is 19.1. The van der Waals surface area contributed by atoms with Gasteiger partial charge in [0.15, 0.2) is 0 Å². The number of H-pyrrole nitrogens is 1. The first-order valence-electron chi connectivity index (χ1n) is 7.22. The first kappa shape index (κ1) is 13.8. The van der Waals surface area contributed by atoms with Gasteiger partial charge in [-0.1, -0.05) is 25.0 Å². The summed E-state index contributed by atoms with van der Waals surface area (Å²) in [6.07, 6.45) is 6.96. The minimum absolute atomic E-state index is 0.0150. The van der Waals surface area contributed by atoms with E-state index in [1.165, 1.54) is 12.1 Å². The molecule has 0 bridgehead atoms. The highest BCUT2D eigenvalue weighted by Gasteiger charge is 2.42. The Labute approximate surface area is 122 Å². The quantitative estimate of drug-likeness (QED) is 0.908. The van der Waals surface area contributed by atoms with Gasteiger partial charge in [0, 0.05) is 6.20 Å². The number of nitrogens with one attached hydrogen (secondary N) is 2. The molecule has 0 radical (unpaired) electrons. The van der Waals surface area contributed by atoms with E-state index < -0.39 is 5.41 Å². The van der Waals surface area contributed by atoms with Crippen LogP contribution in [0, 0.1) is 5.82 Å². The van der Waals surface area contributed by atoms with Crippen LogP contribution in [-0.4, -0.2) is 15.9 Å². The maximum Gasteiger partial charge on any atom is 0.230 e. The number of hydrogen-bond donors (Lipinski definition) is 2. The van der Waals surface area contributed by atoms with Crippen LogP contribution in [-0.2, 0) is 16.8 Å². The van der Waals surface area contributed by atoms with E-state index >= 15 is 0 Å². The van der Waals surface area contributed by atoms with Gasteiger partial charge in [-0.15, -0.1) is 0 Å². The number of nitrogens with zero attached hydrogens (tertiary/aromatic N) is 1. The third kappa shape index (κ3) is 2.68. The van der Waals surface area contributed by atoms with Crippen molar-refractivity contribution in [2.75, 3.05) is 0 Å². The molecule has 0 atom stereocenters. The van der Waals surface area contributed by atoms with Gasteiger partial charge < -0.3 is 10.3 Å². The lowest BCUT2D eigenvalue weighted by atomic mass is 9.78. The molecule has 0 aliphatic heterocycles. The summed E-state index contributed by atoms with van der Waals surface area (Å²) < 4.78 is 13.1. The van der Waals surface area contributed by atoms with E-state index in [9.17, 15) is 9.18 Å². The van der Waals surface area contributed by atoms with Crippen molar-refractivity contribution in [1.82, 2.24) is 15.3 Å². The van der Waals surface area contributed by atoms with Crippen molar-refractivity contribution in [2.24, 2.45) is 0 Å². The van der Waals surface area contributed by atoms with Gasteiger partial charge in [-0.2, -0.15) is 0 Å². The SMILES string of the molecule is O=C(NCc1cnc[nH]1)C1(c2ccc(F)cc2)CCCC1. The number of rotatable bonds is 4. The van der Waals surface area contributed by atoms with Crippen LogP contribution in [0.15, 0.2) is 36.8 Å². The molecule has 3 rings (SSSR count). The molecule has 2 aromatic rings. The molecule has 0 unspecified atom stereocenters. The average molecular weight is 287 g/mol. The van der Waals surface area contributed by atoms with E-state index in [0.717, 1.165) is 36.9 Å². The molecule has 0 spiro atoms. The Morgan fingerprint density at radius 3 is 2.62 bits per heavy atom. The van der Waals surface area contributed by atoms with Gasteiger partial charge in [0.1, 0.15) is 5.82 Å². The Morgan fingerprint density at radius 2 is 2.00 bits per heavy atom. The van der Waals surface area contributed by atoms with Crippen LogP contribution >= 0.6 is 0 Å². The van der Waals surface area contributed by atoms with Crippen LogP contribution in [0.4, 0.5) is 4.39 Å². The zero-order chi connectivity index (χ0) is 14.7. The molecule has 5 heteroatoms. The Hall–Kier alpha value is -2.17. The first-order chi connectivity index (χ1) is 10.2. The molecule has 1 aromatic heterocycles. The molecule has 21 heavy (non-hydrogen) atoms. The molecule has 1 aliphatic carbocycles. The lowest BCUT2D eigenvalue weighted by Gasteiger charge is -2.28. The lowest BCUT2D eigenvalue weighted by molar-refractivity contribution is -0.126. The predicted molar refractivity (Wildman–Crippen MR) is 77.0 cm³/mol. The van der Waals surface area contributed by atoms with Crippen LogP contribution in [0.5, 0.6) is 0 Å². The molecule has 110 valence electrons. The van der Waals surface area contributed by atoms with Crippen LogP contribution in [0.25, 0.3) is 0 Å². The summed E-state index contributed by atoms with van der Waals surface area (Å²) in [4.78, 5) is 19.6. The molecule has 1 aromatic carbocycles. The summed E-state index contributed by atoms with van der Waals surface area (Å²) in [6, 6.07) is 6.32. The van der Waals surface area contributed by atoms with Crippen molar-refractivity contribution < 1.29 is 9.18 Å². The van der Waals surface area contributed by atoms with Crippen molar-refractivity contribution in [3.8, 4) is 0 Å². The summed E-state index contributed by atoms with van der Waals surface area (Å²) in [7, 11) is 0. The molecule has 2 N–H and O–H groups in total. The summed E-state index contributed by atoms with van der Waals surface area (Å²) in [5.41, 5.74) is 1.26. The third-order valence-electron chi connectivity index (χ3n) is 4.28. The maximum atomic E-state index is 13.1. The van der Waals surface area contributed by atoms with Gasteiger partial charge >= 0.3 is 0 Å². The largest absolute Gasteiger partial charge is 0.350 e. The van der Waals surface area contributed by atoms with E-state index in [0.29, 0.717) is 6.54 Å². The summed E-state index contributed by atoms with van der Waals surface area (Å²) in [5.74, 6) is -0.258. The Balaban J connectivity index is 1.79. The molecule has 0 saturated heterocycles. The fraction of sp³-hybridized carbons (Fsp3) is 0.375. The lowest BCUT2D eigenvalue weighted by Crippen LogP contribution is -2.42. The van der Waals surface area contributed by atoms with Gasteiger partial charge in [0.25, 0.3) is 0 Å². The number of carbonyl (C=O) groups is 1. The van der Waals surface area contributed by atoms with E-state index in [-0.39, 0.29) is 11.7 Å². The number of benzene rings is 1. The molecular formula is C16H18FN3O. The van der Waals surface area contributed by atoms with E-state index in [1.54, 1.807) is 24.7 Å². The van der Waals surface area contributed by atoms with Gasteiger partial charge in [-0.05, 0) is 30.5 Å². The fourth-order valence-electron chi connectivity index (χ4n) is 3.12. The van der Waals surface area contributed by atoms with Gasteiger partial charge in [-0.3, -0.25) is 4.79 Å². The zero-order valence-corrected chi connectivity index (χ0v) is 11.7. The molecule has 1 amide bonds. The predicted octanol–water partition coefficient (Wildman–Crippen LogP) is 2.68. The second-order valence-electron chi connectivity index (χ2n) is 5.56. The first-order valence-corrected chi connectivity index (χ1v) is 7.22. The topological polar surface area (TPSA) is 57.8 Å². The Kier molecular flexibility index (Phi) is 3.73. The normalized spacial score (nSPS) is 16.8. The molecule has 1 saturated carbocycles. The van der Waals surface area contributed by atoms with Crippen molar-refractivity contribution in [2.45, 2.75) is 37.6 Å². The van der Waals surface area contributed by atoms with E-state index in [2.05, 4.69) is 15.3 Å². The van der Waals surface area contributed by atoms with Gasteiger partial charge in [-0.25, -0.2) is 9.37 Å². The van der Waals surface area contributed by atoms with Crippen molar-refractivity contribution in [1.29, 1.82) is 0 Å². The zero-order valence-electron chi connectivity index (χ0n) is 11.7. The highest BCUT2D eigenvalue weighted by molar-refractivity contribution is 5.88. The molecule has 1 fully saturated rings. The number of imidazole rings is 1. The van der Waals surface area contributed by atoms with Crippen LogP contribution in [0.3, 0.4) is 0 Å². The average Bonchev–Trinajstić information content (AvgIpc) is 3.17. The summed E-state index contributed by atoms with van der Waals surface area (Å²) >= 11 is 0. The monoisotopic (exact) mass is 287 g/mol. The molecule has 1 aliphatic rings. The number of amides is 1. The third-order valence-corrected chi connectivity index (χ3v) is 4.28. The summed E-state index contributed by atoms with van der Waals surface area (Å²) in [6.45, 7) is 0.432. The number of aromatic amines is 1. The number of hydrogen-bond acceptors (Lipinski definition) is 2. The smallest absolute Gasteiger partial charge is 0.230 e. The van der Waals surface area contributed by atoms with Gasteiger partial charge in [0.05, 0.1) is 24.0 Å². The molecule has 1 heterocycles. The number of aromatic nitrogens is 2. The Bertz CT molecular complexity index is 601. The number of halogens is 1. The molecular weight excluding hydrogens is 269 g/mol. The standard InChI is InChI=1S/C16H18FN3O/c17-13-5-3-12(4-6-13)16(7-1-2-8-16)15(21)19-10-14-9-18-11-20-14/h3-6,9,11H,1-2,7-8,10H2,(H,18,20)(H,19,21). The van der Waals surface area contributed by atoms with Crippen molar-refractivity contribution >= 4 is 5.91 Å². The second-order valence-corrected chi connectivity index (χ2v) is 5.56. The fourth-order valence-corrected chi connectivity index (χ4v) is 3.12. The number of carbonyl (C=O) groups excluding carboxylic acids is 1.